The molecule has 6 rings (SSSR count). The minimum atomic E-state index is -0.505. The minimum absolute atomic E-state index is 0.0950. The molecule has 0 aliphatic carbocycles. The number of pyridine rings is 1. The molecule has 0 amide bonds. The van der Waals surface area contributed by atoms with Crippen LogP contribution in [0.25, 0.3) is 22.2 Å². The highest BCUT2D eigenvalue weighted by Gasteiger charge is 2.49. The van der Waals surface area contributed by atoms with Crippen LogP contribution in [0, 0.1) is 24.0 Å². The zero-order chi connectivity index (χ0) is 26.6. The van der Waals surface area contributed by atoms with Crippen molar-refractivity contribution in [2.75, 3.05) is 19.6 Å². The Hall–Kier alpha value is -3.30. The van der Waals surface area contributed by atoms with Crippen LogP contribution < -0.4 is 5.32 Å². The molecule has 7 nitrogen and oxygen atoms in total. The average molecular weight is 518 g/mol. The number of benzene rings is 1. The SMILES string of the molecule is Cc1nc2c(F)cc(-c3cc(Cc4ncc(CN5C[C@]6(C)CCNC[C@H]56)cn4)ncc3F)cc2n1C(C)C. The maximum absolute atomic E-state index is 15.0. The summed E-state index contributed by atoms with van der Waals surface area (Å²) in [5, 5.41) is 3.50. The lowest BCUT2D eigenvalue weighted by Crippen LogP contribution is -2.69. The highest BCUT2D eigenvalue weighted by atomic mass is 19.1. The third kappa shape index (κ3) is 4.37. The number of imidazole rings is 1. The molecule has 2 fully saturated rings. The smallest absolute Gasteiger partial charge is 0.151 e. The summed E-state index contributed by atoms with van der Waals surface area (Å²) < 4.78 is 31.9. The number of nitrogens with zero attached hydrogens (tertiary/aromatic N) is 6. The first-order valence-corrected chi connectivity index (χ1v) is 13.3. The van der Waals surface area contributed by atoms with Gasteiger partial charge in [-0.25, -0.2) is 23.7 Å². The van der Waals surface area contributed by atoms with Gasteiger partial charge < -0.3 is 9.88 Å². The number of aryl methyl sites for hydroxylation is 1. The van der Waals surface area contributed by atoms with Gasteiger partial charge in [-0.05, 0) is 62.9 Å². The molecule has 38 heavy (non-hydrogen) atoms. The van der Waals surface area contributed by atoms with Gasteiger partial charge in [0.15, 0.2) is 5.82 Å². The first kappa shape index (κ1) is 25.0. The number of nitrogens with one attached hydrogen (secondary N) is 1. The standard InChI is InChI=1S/C29H33F2N7/c1-17(2)38-18(3)36-28-23(30)7-20(8-25(28)38)22-9-21(33-13-24(22)31)10-27-34-11-19(12-35-27)15-37-16-29(4)5-6-32-14-26(29)37/h7-9,11-13,17,26,32H,5-6,10,14-16H2,1-4H3/t26-,29-/m0/s1. The van der Waals surface area contributed by atoms with Crippen LogP contribution in [0.2, 0.25) is 0 Å². The lowest BCUT2D eigenvalue weighted by atomic mass is 9.69. The molecule has 2 saturated heterocycles. The second-order valence-corrected chi connectivity index (χ2v) is 11.3. The molecular formula is C29H33F2N7. The van der Waals surface area contributed by atoms with Crippen molar-refractivity contribution in [3.05, 3.63) is 71.3 Å². The van der Waals surface area contributed by atoms with E-state index in [1.54, 1.807) is 12.1 Å². The van der Waals surface area contributed by atoms with Gasteiger partial charge in [-0.3, -0.25) is 9.88 Å². The summed E-state index contributed by atoms with van der Waals surface area (Å²) in [4.78, 5) is 20.3. The Kier molecular flexibility index (Phi) is 6.23. The van der Waals surface area contributed by atoms with E-state index in [0.29, 0.717) is 51.6 Å². The average Bonchev–Trinajstić information content (AvgIpc) is 3.22. The van der Waals surface area contributed by atoms with Crippen molar-refractivity contribution in [3.63, 3.8) is 0 Å². The number of hydrogen-bond acceptors (Lipinski definition) is 6. The summed E-state index contributed by atoms with van der Waals surface area (Å²) >= 11 is 0. The summed E-state index contributed by atoms with van der Waals surface area (Å²) in [5.74, 6) is 0.362. The van der Waals surface area contributed by atoms with Crippen LogP contribution in [0.15, 0.2) is 36.8 Å². The number of piperidine rings is 1. The Labute approximate surface area is 221 Å². The van der Waals surface area contributed by atoms with Crippen LogP contribution in [0.5, 0.6) is 0 Å². The number of rotatable bonds is 6. The molecule has 2 aliphatic heterocycles. The van der Waals surface area contributed by atoms with E-state index in [2.05, 4.69) is 37.1 Å². The van der Waals surface area contributed by atoms with Crippen molar-refractivity contribution < 1.29 is 8.78 Å². The number of likely N-dealkylation sites (tertiary alicyclic amines) is 1. The highest BCUT2D eigenvalue weighted by Crippen LogP contribution is 2.42. The van der Waals surface area contributed by atoms with Gasteiger partial charge in [0.05, 0.1) is 18.1 Å². The van der Waals surface area contributed by atoms with Gasteiger partial charge in [-0.1, -0.05) is 6.92 Å². The molecule has 0 radical (unpaired) electrons. The Balaban J connectivity index is 1.21. The van der Waals surface area contributed by atoms with E-state index in [1.165, 1.54) is 18.7 Å². The molecule has 4 aromatic rings. The second-order valence-electron chi connectivity index (χ2n) is 11.3. The van der Waals surface area contributed by atoms with Crippen molar-refractivity contribution in [1.82, 2.24) is 34.7 Å². The third-order valence-electron chi connectivity index (χ3n) is 8.17. The first-order chi connectivity index (χ1) is 18.2. The molecule has 5 heterocycles. The quantitative estimate of drug-likeness (QED) is 0.395. The van der Waals surface area contributed by atoms with Crippen LogP contribution >= 0.6 is 0 Å². The summed E-state index contributed by atoms with van der Waals surface area (Å²) in [7, 11) is 0. The fourth-order valence-corrected chi connectivity index (χ4v) is 6.23. The molecule has 1 aromatic carbocycles. The van der Waals surface area contributed by atoms with Gasteiger partial charge in [0, 0.05) is 60.9 Å². The molecular weight excluding hydrogens is 484 g/mol. The largest absolute Gasteiger partial charge is 0.326 e. The van der Waals surface area contributed by atoms with Crippen LogP contribution in [-0.2, 0) is 13.0 Å². The van der Waals surface area contributed by atoms with E-state index >= 15 is 0 Å². The van der Waals surface area contributed by atoms with E-state index < -0.39 is 11.6 Å². The fraction of sp³-hybridized carbons (Fsp3) is 0.448. The van der Waals surface area contributed by atoms with E-state index in [9.17, 15) is 8.78 Å². The van der Waals surface area contributed by atoms with Crippen molar-refractivity contribution in [2.45, 2.75) is 59.2 Å². The van der Waals surface area contributed by atoms with Crippen molar-refractivity contribution in [3.8, 4) is 11.1 Å². The van der Waals surface area contributed by atoms with Gasteiger partial charge in [0.2, 0.25) is 0 Å². The molecule has 0 unspecified atom stereocenters. The van der Waals surface area contributed by atoms with Gasteiger partial charge in [0.25, 0.3) is 0 Å². The van der Waals surface area contributed by atoms with E-state index in [-0.39, 0.29) is 6.04 Å². The monoisotopic (exact) mass is 517 g/mol. The predicted octanol–water partition coefficient (Wildman–Crippen LogP) is 4.83. The molecule has 1 N–H and O–H groups in total. The predicted molar refractivity (Wildman–Crippen MR) is 143 cm³/mol. The second kappa shape index (κ2) is 9.47. The van der Waals surface area contributed by atoms with Gasteiger partial charge in [-0.2, -0.15) is 0 Å². The Morgan fingerprint density at radius 1 is 1.08 bits per heavy atom. The van der Waals surface area contributed by atoms with E-state index in [0.717, 1.165) is 37.6 Å². The topological polar surface area (TPSA) is 71.8 Å². The molecule has 0 saturated carbocycles. The highest BCUT2D eigenvalue weighted by molar-refractivity contribution is 5.83. The van der Waals surface area contributed by atoms with Crippen molar-refractivity contribution in [1.29, 1.82) is 0 Å². The fourth-order valence-electron chi connectivity index (χ4n) is 6.23. The van der Waals surface area contributed by atoms with E-state index in [1.807, 2.05) is 37.7 Å². The van der Waals surface area contributed by atoms with Crippen LogP contribution in [-0.4, -0.2) is 55.1 Å². The summed E-state index contributed by atoms with van der Waals surface area (Å²) in [6.07, 6.45) is 6.51. The maximum Gasteiger partial charge on any atom is 0.151 e. The van der Waals surface area contributed by atoms with Crippen molar-refractivity contribution in [2.24, 2.45) is 5.41 Å². The first-order valence-electron chi connectivity index (χ1n) is 13.3. The molecule has 198 valence electrons. The number of fused-ring (bicyclic) bond motifs is 2. The zero-order valence-corrected chi connectivity index (χ0v) is 22.3. The van der Waals surface area contributed by atoms with Gasteiger partial charge >= 0.3 is 0 Å². The number of aromatic nitrogens is 5. The third-order valence-corrected chi connectivity index (χ3v) is 8.17. The normalized spacial score (nSPS) is 21.6. The summed E-state index contributed by atoms with van der Waals surface area (Å²) in [5.41, 5.74) is 3.81. The molecule has 2 atom stereocenters. The number of hydrogen-bond donors (Lipinski definition) is 1. The lowest BCUT2D eigenvalue weighted by Gasteiger charge is -2.58. The molecule has 3 aromatic heterocycles. The number of halogens is 2. The molecule has 9 heteroatoms. The minimum Gasteiger partial charge on any atom is -0.326 e. The van der Waals surface area contributed by atoms with Gasteiger partial charge in [-0.15, -0.1) is 0 Å². The molecule has 0 spiro atoms. The summed E-state index contributed by atoms with van der Waals surface area (Å²) in [6.45, 7) is 12.3. The van der Waals surface area contributed by atoms with Gasteiger partial charge in [0.1, 0.15) is 23.0 Å². The Morgan fingerprint density at radius 2 is 1.87 bits per heavy atom. The molecule has 0 bridgehead atoms. The van der Waals surface area contributed by atoms with E-state index in [4.69, 9.17) is 0 Å². The zero-order valence-electron chi connectivity index (χ0n) is 22.3. The molecule has 2 aliphatic rings. The Bertz CT molecular complexity index is 1500. The van der Waals surface area contributed by atoms with Crippen LogP contribution in [0.1, 0.15) is 56.1 Å². The summed E-state index contributed by atoms with van der Waals surface area (Å²) in [6, 6.07) is 5.46. The maximum atomic E-state index is 15.0. The van der Waals surface area contributed by atoms with Crippen LogP contribution in [0.3, 0.4) is 0 Å². The van der Waals surface area contributed by atoms with Crippen LogP contribution in [0.4, 0.5) is 8.78 Å². The van der Waals surface area contributed by atoms with Crippen molar-refractivity contribution >= 4 is 11.0 Å². The Morgan fingerprint density at radius 3 is 2.61 bits per heavy atom. The lowest BCUT2D eigenvalue weighted by molar-refractivity contribution is -0.0863.